The molecule has 0 N–H and O–H groups in total. The van der Waals surface area contributed by atoms with Gasteiger partial charge in [0, 0.05) is 24.5 Å². The maximum absolute atomic E-state index is 12.0. The molecule has 0 aromatic rings. The number of likely N-dealkylation sites (tertiary alicyclic amines) is 1. The van der Waals surface area contributed by atoms with Gasteiger partial charge in [0.25, 0.3) is 0 Å². The SMILES string of the molecule is CC1CC(C)CN(C2C3CC4CC(C3)CC2(C=O)C4)C1. The summed E-state index contributed by atoms with van der Waals surface area (Å²) in [5.74, 6) is 4.17. The molecule has 112 valence electrons. The van der Waals surface area contributed by atoms with Crippen LogP contribution in [0.2, 0.25) is 0 Å². The Morgan fingerprint density at radius 2 is 1.55 bits per heavy atom. The van der Waals surface area contributed by atoms with E-state index in [4.69, 9.17) is 0 Å². The van der Waals surface area contributed by atoms with Gasteiger partial charge in [0.05, 0.1) is 0 Å². The van der Waals surface area contributed by atoms with Crippen molar-refractivity contribution in [2.45, 2.75) is 58.4 Å². The van der Waals surface area contributed by atoms with Crippen molar-refractivity contribution in [2.24, 2.45) is 35.0 Å². The molecule has 4 aliphatic carbocycles. The molecular formula is C18H29NO. The third-order valence-electron chi connectivity index (χ3n) is 6.84. The Kier molecular flexibility index (Phi) is 3.03. The van der Waals surface area contributed by atoms with Crippen molar-refractivity contribution in [3.05, 3.63) is 0 Å². The zero-order valence-corrected chi connectivity index (χ0v) is 13.1. The van der Waals surface area contributed by atoms with Crippen LogP contribution in [0, 0.1) is 35.0 Å². The molecule has 4 saturated carbocycles. The summed E-state index contributed by atoms with van der Waals surface area (Å²) in [5.41, 5.74) is 0.0333. The number of nitrogens with zero attached hydrogens (tertiary/aromatic N) is 1. The minimum absolute atomic E-state index is 0.0333. The van der Waals surface area contributed by atoms with Crippen molar-refractivity contribution in [2.75, 3.05) is 13.1 Å². The summed E-state index contributed by atoms with van der Waals surface area (Å²) < 4.78 is 0. The second-order valence-electron chi connectivity index (χ2n) is 8.80. The van der Waals surface area contributed by atoms with Crippen LogP contribution in [-0.4, -0.2) is 30.3 Å². The van der Waals surface area contributed by atoms with Gasteiger partial charge in [0.15, 0.2) is 0 Å². The Bertz CT molecular complexity index is 382. The van der Waals surface area contributed by atoms with Crippen LogP contribution in [-0.2, 0) is 4.79 Å². The van der Waals surface area contributed by atoms with Crippen LogP contribution in [0.1, 0.15) is 52.4 Å². The van der Waals surface area contributed by atoms with Crippen molar-refractivity contribution in [3.63, 3.8) is 0 Å². The first-order valence-electron chi connectivity index (χ1n) is 8.80. The van der Waals surface area contributed by atoms with Crippen molar-refractivity contribution >= 4 is 6.29 Å². The highest BCUT2D eigenvalue weighted by Crippen LogP contribution is 2.60. The highest BCUT2D eigenvalue weighted by atomic mass is 16.1. The summed E-state index contributed by atoms with van der Waals surface area (Å²) in [7, 11) is 0. The highest BCUT2D eigenvalue weighted by molar-refractivity contribution is 5.62. The Hall–Kier alpha value is -0.370. The van der Waals surface area contributed by atoms with Crippen LogP contribution in [0.5, 0.6) is 0 Å². The summed E-state index contributed by atoms with van der Waals surface area (Å²) in [6, 6.07) is 0.581. The van der Waals surface area contributed by atoms with Crippen molar-refractivity contribution in [1.82, 2.24) is 4.90 Å². The standard InChI is InChI=1S/C18H29NO/c1-12-3-13(2)10-19(9-12)17-16-5-14-4-15(6-16)8-18(17,7-14)11-20/h11-17H,3-10H2,1-2H3. The molecule has 5 atom stereocenters. The molecule has 5 unspecified atom stereocenters. The molecule has 4 bridgehead atoms. The number of piperidine rings is 1. The molecule has 1 heterocycles. The lowest BCUT2D eigenvalue weighted by Crippen LogP contribution is -2.64. The molecule has 0 aromatic carbocycles. The van der Waals surface area contributed by atoms with Gasteiger partial charge >= 0.3 is 0 Å². The monoisotopic (exact) mass is 275 g/mol. The largest absolute Gasteiger partial charge is 0.303 e. The van der Waals surface area contributed by atoms with Crippen molar-refractivity contribution < 1.29 is 4.79 Å². The molecule has 2 nitrogen and oxygen atoms in total. The van der Waals surface area contributed by atoms with Gasteiger partial charge in [-0.3, -0.25) is 4.90 Å². The summed E-state index contributed by atoms with van der Waals surface area (Å²) >= 11 is 0. The average Bonchev–Trinajstić information content (AvgIpc) is 2.36. The van der Waals surface area contributed by atoms with Gasteiger partial charge in [-0.2, -0.15) is 0 Å². The molecule has 0 spiro atoms. The van der Waals surface area contributed by atoms with E-state index in [1.165, 1.54) is 57.9 Å². The summed E-state index contributed by atoms with van der Waals surface area (Å²) in [6.07, 6.45) is 9.41. The van der Waals surface area contributed by atoms with Gasteiger partial charge in [-0.05, 0) is 68.1 Å². The van der Waals surface area contributed by atoms with Gasteiger partial charge in [0.2, 0.25) is 0 Å². The van der Waals surface area contributed by atoms with Gasteiger partial charge in [-0.1, -0.05) is 13.8 Å². The molecule has 0 radical (unpaired) electrons. The number of aldehydes is 1. The number of hydrogen-bond donors (Lipinski definition) is 0. The lowest BCUT2D eigenvalue weighted by atomic mass is 9.47. The lowest BCUT2D eigenvalue weighted by Gasteiger charge is -2.62. The van der Waals surface area contributed by atoms with Crippen molar-refractivity contribution in [1.29, 1.82) is 0 Å². The molecule has 5 fully saturated rings. The average molecular weight is 275 g/mol. The third-order valence-corrected chi connectivity index (χ3v) is 6.84. The molecule has 2 heteroatoms. The molecular weight excluding hydrogens is 246 g/mol. The second kappa shape index (κ2) is 4.56. The van der Waals surface area contributed by atoms with Crippen LogP contribution >= 0.6 is 0 Å². The van der Waals surface area contributed by atoms with E-state index in [1.807, 2.05) is 0 Å². The fraction of sp³-hybridized carbons (Fsp3) is 0.944. The zero-order chi connectivity index (χ0) is 13.9. The number of carbonyl (C=O) groups excluding carboxylic acids is 1. The van der Waals surface area contributed by atoms with E-state index in [1.54, 1.807) is 0 Å². The Labute approximate surface area is 123 Å². The number of rotatable bonds is 2. The van der Waals surface area contributed by atoms with E-state index in [9.17, 15) is 4.79 Å². The van der Waals surface area contributed by atoms with E-state index in [0.29, 0.717) is 6.04 Å². The lowest BCUT2D eigenvalue weighted by molar-refractivity contribution is -0.155. The van der Waals surface area contributed by atoms with Crippen LogP contribution in [0.25, 0.3) is 0 Å². The quantitative estimate of drug-likeness (QED) is 0.720. The first-order chi connectivity index (χ1) is 9.59. The number of hydrogen-bond acceptors (Lipinski definition) is 2. The van der Waals surface area contributed by atoms with Crippen LogP contribution in [0.15, 0.2) is 0 Å². The van der Waals surface area contributed by atoms with Crippen LogP contribution < -0.4 is 0 Å². The Morgan fingerprint density at radius 1 is 0.950 bits per heavy atom. The molecule has 1 aliphatic heterocycles. The predicted octanol–water partition coefficient (Wildman–Crippen LogP) is 3.36. The smallest absolute Gasteiger partial charge is 0.127 e. The van der Waals surface area contributed by atoms with E-state index in [-0.39, 0.29) is 5.41 Å². The molecule has 20 heavy (non-hydrogen) atoms. The van der Waals surface area contributed by atoms with Gasteiger partial charge in [-0.25, -0.2) is 0 Å². The normalized spacial score (nSPS) is 55.1. The van der Waals surface area contributed by atoms with Gasteiger partial charge in [-0.15, -0.1) is 0 Å². The maximum atomic E-state index is 12.0. The van der Waals surface area contributed by atoms with E-state index < -0.39 is 0 Å². The molecule has 0 aromatic heterocycles. The zero-order valence-electron chi connectivity index (χ0n) is 13.1. The van der Waals surface area contributed by atoms with Gasteiger partial charge < -0.3 is 4.79 Å². The predicted molar refractivity (Wildman–Crippen MR) is 80.4 cm³/mol. The van der Waals surface area contributed by atoms with E-state index in [2.05, 4.69) is 18.7 Å². The topological polar surface area (TPSA) is 20.3 Å². The molecule has 1 saturated heterocycles. The summed E-state index contributed by atoms with van der Waals surface area (Å²) in [5, 5.41) is 0. The third kappa shape index (κ3) is 1.90. The minimum atomic E-state index is 0.0333. The summed E-state index contributed by atoms with van der Waals surface area (Å²) in [4.78, 5) is 14.8. The van der Waals surface area contributed by atoms with E-state index in [0.717, 1.165) is 29.6 Å². The molecule has 5 aliphatic rings. The molecule has 0 amide bonds. The Morgan fingerprint density at radius 3 is 2.10 bits per heavy atom. The number of carbonyl (C=O) groups is 1. The van der Waals surface area contributed by atoms with Gasteiger partial charge in [0.1, 0.15) is 6.29 Å². The maximum Gasteiger partial charge on any atom is 0.127 e. The second-order valence-corrected chi connectivity index (χ2v) is 8.80. The fourth-order valence-electron chi connectivity index (χ4n) is 6.84. The fourth-order valence-corrected chi connectivity index (χ4v) is 6.84. The van der Waals surface area contributed by atoms with Crippen LogP contribution in [0.4, 0.5) is 0 Å². The Balaban J connectivity index is 1.64. The van der Waals surface area contributed by atoms with Crippen LogP contribution in [0.3, 0.4) is 0 Å². The highest BCUT2D eigenvalue weighted by Gasteiger charge is 2.59. The molecule has 5 rings (SSSR count). The van der Waals surface area contributed by atoms with E-state index >= 15 is 0 Å². The van der Waals surface area contributed by atoms with Crippen molar-refractivity contribution in [3.8, 4) is 0 Å². The summed E-state index contributed by atoms with van der Waals surface area (Å²) in [6.45, 7) is 7.26. The first-order valence-corrected chi connectivity index (χ1v) is 8.80. The minimum Gasteiger partial charge on any atom is -0.303 e. The first kappa shape index (κ1) is 13.3.